The van der Waals surface area contributed by atoms with Crippen LogP contribution >= 0.6 is 11.7 Å². The van der Waals surface area contributed by atoms with Gasteiger partial charge in [0.1, 0.15) is 0 Å². The zero-order chi connectivity index (χ0) is 7.52. The summed E-state index contributed by atoms with van der Waals surface area (Å²) in [6, 6.07) is 0.541. The quantitative estimate of drug-likeness (QED) is 0.671. The molecule has 0 aliphatic carbocycles. The van der Waals surface area contributed by atoms with Gasteiger partial charge in [-0.15, -0.1) is 0 Å². The molecule has 4 nitrogen and oxygen atoms in total. The van der Waals surface area contributed by atoms with Gasteiger partial charge in [-0.25, -0.2) is 0 Å². The highest BCUT2D eigenvalue weighted by molar-refractivity contribution is 6.99. The van der Waals surface area contributed by atoms with Crippen LogP contribution in [0, 0.1) is 0 Å². The normalized spacial score (nSPS) is 23.8. The second-order valence-electron chi connectivity index (χ2n) is 2.63. The number of nitrogens with zero attached hydrogens (tertiary/aromatic N) is 2. The molecule has 1 aliphatic heterocycles. The molecule has 1 aromatic heterocycles. The smallest absolute Gasteiger partial charge is 0.160 e. The van der Waals surface area contributed by atoms with Crippen molar-refractivity contribution in [1.29, 1.82) is 0 Å². The fraction of sp³-hybridized carbons (Fsp3) is 0.667. The maximum atomic E-state index is 4.07. The van der Waals surface area contributed by atoms with Gasteiger partial charge in [-0.1, -0.05) is 0 Å². The third kappa shape index (κ3) is 1.66. The summed E-state index contributed by atoms with van der Waals surface area (Å²) in [5.74, 6) is 0.906. The number of hydrogen-bond acceptors (Lipinski definition) is 5. The van der Waals surface area contributed by atoms with E-state index < -0.39 is 0 Å². The van der Waals surface area contributed by atoms with Gasteiger partial charge in [0.2, 0.25) is 0 Å². The Kier molecular flexibility index (Phi) is 2.00. The Hall–Kier alpha value is -0.680. The molecular weight excluding hydrogens is 160 g/mol. The lowest BCUT2D eigenvalue weighted by Crippen LogP contribution is -2.22. The summed E-state index contributed by atoms with van der Waals surface area (Å²) in [4.78, 5) is 0. The van der Waals surface area contributed by atoms with E-state index in [2.05, 4.69) is 19.4 Å². The van der Waals surface area contributed by atoms with Crippen LogP contribution in [0.4, 0.5) is 5.82 Å². The van der Waals surface area contributed by atoms with Gasteiger partial charge in [0.25, 0.3) is 0 Å². The molecule has 0 saturated carbocycles. The van der Waals surface area contributed by atoms with Crippen molar-refractivity contribution >= 4 is 17.5 Å². The molecule has 11 heavy (non-hydrogen) atoms. The third-order valence-corrected chi connectivity index (χ3v) is 2.25. The third-order valence-electron chi connectivity index (χ3n) is 1.77. The molecule has 1 fully saturated rings. The van der Waals surface area contributed by atoms with Crippen molar-refractivity contribution in [2.45, 2.75) is 12.5 Å². The van der Waals surface area contributed by atoms with Crippen LogP contribution in [0.3, 0.4) is 0 Å². The number of hydrogen-bond donors (Lipinski definition) is 2. The minimum absolute atomic E-state index is 0.541. The predicted molar refractivity (Wildman–Crippen MR) is 44.8 cm³/mol. The molecule has 0 spiro atoms. The Morgan fingerprint density at radius 2 is 2.73 bits per heavy atom. The summed E-state index contributed by atoms with van der Waals surface area (Å²) in [6.45, 7) is 2.15. The summed E-state index contributed by atoms with van der Waals surface area (Å²) < 4.78 is 7.98. The summed E-state index contributed by atoms with van der Waals surface area (Å²) in [7, 11) is 0. The van der Waals surface area contributed by atoms with E-state index in [-0.39, 0.29) is 0 Å². The van der Waals surface area contributed by atoms with Crippen LogP contribution in [0.1, 0.15) is 6.42 Å². The largest absolute Gasteiger partial charge is 0.364 e. The zero-order valence-electron chi connectivity index (χ0n) is 6.08. The van der Waals surface area contributed by atoms with Gasteiger partial charge in [0, 0.05) is 12.6 Å². The molecule has 1 aliphatic rings. The van der Waals surface area contributed by atoms with Crippen LogP contribution in [0.15, 0.2) is 6.20 Å². The average Bonchev–Trinajstić information content (AvgIpc) is 2.60. The van der Waals surface area contributed by atoms with E-state index in [9.17, 15) is 0 Å². The van der Waals surface area contributed by atoms with Crippen LogP contribution in [-0.4, -0.2) is 27.9 Å². The van der Waals surface area contributed by atoms with E-state index >= 15 is 0 Å². The topological polar surface area (TPSA) is 49.8 Å². The van der Waals surface area contributed by atoms with Crippen molar-refractivity contribution in [3.63, 3.8) is 0 Å². The first-order valence-corrected chi connectivity index (χ1v) is 4.43. The molecule has 0 bridgehead atoms. The van der Waals surface area contributed by atoms with Gasteiger partial charge in [-0.2, -0.15) is 8.75 Å². The molecule has 0 aromatic carbocycles. The van der Waals surface area contributed by atoms with Crippen molar-refractivity contribution in [3.8, 4) is 0 Å². The Morgan fingerprint density at radius 1 is 1.73 bits per heavy atom. The summed E-state index contributed by atoms with van der Waals surface area (Å²) in [6.07, 6.45) is 2.94. The molecule has 60 valence electrons. The van der Waals surface area contributed by atoms with Gasteiger partial charge in [0.05, 0.1) is 17.9 Å². The Labute approximate surface area is 69.3 Å². The van der Waals surface area contributed by atoms with Crippen molar-refractivity contribution in [2.24, 2.45) is 0 Å². The van der Waals surface area contributed by atoms with Crippen molar-refractivity contribution in [3.05, 3.63) is 6.20 Å². The van der Waals surface area contributed by atoms with E-state index in [1.807, 2.05) is 0 Å². The lowest BCUT2D eigenvalue weighted by atomic mass is 10.3. The SMILES string of the molecule is c1nsnc1N[C@H]1CCNC1. The van der Waals surface area contributed by atoms with E-state index in [1.165, 1.54) is 18.1 Å². The zero-order valence-corrected chi connectivity index (χ0v) is 6.90. The molecule has 1 atom stereocenters. The van der Waals surface area contributed by atoms with Crippen LogP contribution in [0.2, 0.25) is 0 Å². The highest BCUT2D eigenvalue weighted by Crippen LogP contribution is 2.07. The van der Waals surface area contributed by atoms with E-state index in [4.69, 9.17) is 0 Å². The molecule has 2 heterocycles. The lowest BCUT2D eigenvalue weighted by Gasteiger charge is -2.07. The molecule has 0 amide bonds. The van der Waals surface area contributed by atoms with Gasteiger partial charge in [0.15, 0.2) is 5.82 Å². The maximum absolute atomic E-state index is 4.07. The first kappa shape index (κ1) is 7.00. The summed E-state index contributed by atoms with van der Waals surface area (Å²) in [5, 5.41) is 6.57. The predicted octanol–water partition coefficient (Wildman–Crippen LogP) is 0.312. The lowest BCUT2D eigenvalue weighted by molar-refractivity contribution is 0.790. The molecule has 0 unspecified atom stereocenters. The highest BCUT2D eigenvalue weighted by Gasteiger charge is 2.14. The van der Waals surface area contributed by atoms with E-state index in [0.717, 1.165) is 18.9 Å². The second-order valence-corrected chi connectivity index (χ2v) is 3.18. The van der Waals surface area contributed by atoms with Crippen LogP contribution in [-0.2, 0) is 0 Å². The van der Waals surface area contributed by atoms with Crippen LogP contribution in [0.5, 0.6) is 0 Å². The van der Waals surface area contributed by atoms with Gasteiger partial charge in [-0.3, -0.25) is 0 Å². The summed E-state index contributed by atoms with van der Waals surface area (Å²) in [5.41, 5.74) is 0. The minimum atomic E-state index is 0.541. The maximum Gasteiger partial charge on any atom is 0.160 e. The van der Waals surface area contributed by atoms with Crippen LogP contribution < -0.4 is 10.6 Å². The number of nitrogens with one attached hydrogen (secondary N) is 2. The Morgan fingerprint density at radius 3 is 3.36 bits per heavy atom. The summed E-state index contributed by atoms with van der Waals surface area (Å²) >= 11 is 1.24. The van der Waals surface area contributed by atoms with E-state index in [0.29, 0.717) is 6.04 Å². The van der Waals surface area contributed by atoms with Gasteiger partial charge < -0.3 is 10.6 Å². The minimum Gasteiger partial charge on any atom is -0.364 e. The number of rotatable bonds is 2. The average molecular weight is 170 g/mol. The van der Waals surface area contributed by atoms with Crippen LogP contribution in [0.25, 0.3) is 0 Å². The van der Waals surface area contributed by atoms with Crippen molar-refractivity contribution in [2.75, 3.05) is 18.4 Å². The fourth-order valence-electron chi connectivity index (χ4n) is 1.22. The second kappa shape index (κ2) is 3.15. The molecular formula is C6H10N4S. The first-order chi connectivity index (χ1) is 5.45. The molecule has 1 saturated heterocycles. The number of aromatic nitrogens is 2. The molecule has 2 rings (SSSR count). The molecule has 0 radical (unpaired) electrons. The van der Waals surface area contributed by atoms with E-state index in [1.54, 1.807) is 6.20 Å². The standard InChI is InChI=1S/C6H10N4S/c1-2-7-3-5(1)9-6-4-8-11-10-6/h4-5,7H,1-3H2,(H,9,10)/t5-/m0/s1. The molecule has 5 heteroatoms. The molecule has 1 aromatic rings. The van der Waals surface area contributed by atoms with Crippen molar-refractivity contribution in [1.82, 2.24) is 14.1 Å². The monoisotopic (exact) mass is 170 g/mol. The molecule has 2 N–H and O–H groups in total. The number of anilines is 1. The van der Waals surface area contributed by atoms with Crippen molar-refractivity contribution < 1.29 is 0 Å². The Bertz CT molecular complexity index is 204. The Balaban J connectivity index is 1.90. The van der Waals surface area contributed by atoms with Gasteiger partial charge >= 0.3 is 0 Å². The fourth-order valence-corrected chi connectivity index (χ4v) is 1.60. The first-order valence-electron chi connectivity index (χ1n) is 3.70. The highest BCUT2D eigenvalue weighted by atomic mass is 32.1. The van der Waals surface area contributed by atoms with Gasteiger partial charge in [-0.05, 0) is 13.0 Å².